The fourth-order valence-corrected chi connectivity index (χ4v) is 8.34. The number of rotatable bonds is 21. The predicted molar refractivity (Wildman–Crippen MR) is 194 cm³/mol. The van der Waals surface area contributed by atoms with Gasteiger partial charge in [-0.05, 0) is 11.6 Å². The number of amides is 2. The van der Waals surface area contributed by atoms with Crippen LogP contribution in [0, 0.1) is 5.41 Å². The number of aliphatic hydroxyl groups excluding tert-OH is 2. The number of fused-ring (bicyclic) bond motifs is 1. The molecule has 6 N–H and O–H groups in total. The van der Waals surface area contributed by atoms with Crippen LogP contribution in [0.1, 0.15) is 32.1 Å². The molecule has 3 heterocycles. The summed E-state index contributed by atoms with van der Waals surface area (Å²) in [7, 11) is -17.6. The Kier molecular flexibility index (Phi) is 16.4. The number of ether oxygens (including phenoxy) is 1. The Hall–Kier alpha value is -3.48. The minimum absolute atomic E-state index is 0.0234. The second-order valence-electron chi connectivity index (χ2n) is 12.9. The largest absolute Gasteiger partial charge is 0.790 e. The first-order chi connectivity index (χ1) is 27.1. The van der Waals surface area contributed by atoms with Gasteiger partial charge in [-0.3, -0.25) is 28.1 Å². The van der Waals surface area contributed by atoms with E-state index in [9.17, 15) is 57.9 Å². The Labute approximate surface area is 334 Å². The number of nitrogens with two attached hydrogens (primary N) is 1. The molecule has 320 valence electrons. The summed E-state index contributed by atoms with van der Waals surface area (Å²) in [4.78, 5) is 96.1. The number of phosphoric ester groups is 3. The van der Waals surface area contributed by atoms with Crippen LogP contribution in [0.2, 0.25) is 0 Å². The van der Waals surface area contributed by atoms with Crippen LogP contribution in [0.4, 0.5) is 5.82 Å². The van der Waals surface area contributed by atoms with E-state index in [1.165, 1.54) is 19.9 Å². The molecule has 0 aliphatic carbocycles. The maximum atomic E-state index is 12.5. The third-order valence-electron chi connectivity index (χ3n) is 7.93. The van der Waals surface area contributed by atoms with Crippen LogP contribution in [0.25, 0.3) is 17.2 Å². The van der Waals surface area contributed by atoms with E-state index in [1.54, 1.807) is 6.08 Å². The van der Waals surface area contributed by atoms with Crippen molar-refractivity contribution in [2.24, 2.45) is 5.41 Å². The topological polar surface area (TPSA) is 375 Å². The zero-order valence-corrected chi connectivity index (χ0v) is 34.0. The molecule has 0 bridgehead atoms. The van der Waals surface area contributed by atoms with E-state index < -0.39 is 84.6 Å². The number of thioether (sulfide) groups is 1. The average Bonchev–Trinajstić information content (AvgIpc) is 3.71. The third-order valence-corrected chi connectivity index (χ3v) is 11.8. The lowest BCUT2D eigenvalue weighted by molar-refractivity contribution is -0.347. The van der Waals surface area contributed by atoms with Crippen LogP contribution in [0.3, 0.4) is 0 Å². The van der Waals surface area contributed by atoms with Gasteiger partial charge in [-0.25, -0.2) is 19.3 Å². The highest BCUT2D eigenvalue weighted by molar-refractivity contribution is 8.14. The second kappa shape index (κ2) is 20.2. The van der Waals surface area contributed by atoms with Crippen LogP contribution in [-0.4, -0.2) is 103 Å². The molecule has 0 spiro atoms. The van der Waals surface area contributed by atoms with E-state index in [0.29, 0.717) is 0 Å². The fraction of sp³-hybridized carbons (Fsp3) is 0.467. The van der Waals surface area contributed by atoms with Crippen molar-refractivity contribution in [2.75, 3.05) is 37.8 Å². The van der Waals surface area contributed by atoms with Gasteiger partial charge in [0.05, 0.1) is 27.4 Å². The lowest BCUT2D eigenvalue weighted by Crippen LogP contribution is -2.46. The summed E-state index contributed by atoms with van der Waals surface area (Å²) >= 11 is 0.991. The van der Waals surface area contributed by atoms with Crippen molar-refractivity contribution in [1.82, 2.24) is 30.2 Å². The number of hydrogen-bond acceptors (Lipinski definition) is 22. The van der Waals surface area contributed by atoms with Gasteiger partial charge in [0.2, 0.25) is 16.9 Å². The number of aromatic nitrogens is 4. The number of nitrogens with zero attached hydrogens (tertiary/aromatic N) is 4. The van der Waals surface area contributed by atoms with Crippen molar-refractivity contribution < 1.29 is 80.5 Å². The van der Waals surface area contributed by atoms with Crippen molar-refractivity contribution in [3.05, 3.63) is 54.6 Å². The van der Waals surface area contributed by atoms with Crippen LogP contribution >= 0.6 is 35.2 Å². The molecule has 2 unspecified atom stereocenters. The summed E-state index contributed by atoms with van der Waals surface area (Å²) in [6.45, 7) is 0.0322. The van der Waals surface area contributed by atoms with Crippen molar-refractivity contribution in [3.63, 3.8) is 0 Å². The molecule has 2 aromatic heterocycles. The van der Waals surface area contributed by atoms with Crippen molar-refractivity contribution in [3.8, 4) is 0 Å². The normalized spacial score (nSPS) is 21.4. The standard InChI is InChI=1S/C30H42N7O17P3S/c1-30(2,25(41)28(42)33-11-10-20(38)32-12-13-58-21(39)9-8-18-6-4-3-5-7-18)15-51-57(48,49)54-56(46,47)50-14-19-24(53-55(43,44)45)23(40)29(52-19)37-17-36-22-26(31)34-16-35-27(22)37/h3-9,16-17,19,23-25,29,40-41H,10-15H2,1-2H3,(H,32,38)(H,33,42)(H,46,47)(H,48,49)(H2,31,34,35)(H2,43,44,45)/p-4/b9-8+/t19-,23-,24-,25+,29-/m1/s1. The summed E-state index contributed by atoms with van der Waals surface area (Å²) in [5.74, 6) is -1.29. The molecule has 1 saturated heterocycles. The van der Waals surface area contributed by atoms with Crippen LogP contribution in [-0.2, 0) is 50.7 Å². The SMILES string of the molecule is CC(C)(COP(=O)([O-])OP(=O)([O-])OC[C@H]1O[C@@H](n2cnc3c(N)ncnc32)[C@H](O)[C@@H]1OP(=O)([O-])[O-])[C@@H](O)C(=O)NCCC(=O)NCCSC(=O)/C=C/c1ccccc1. The Morgan fingerprint density at radius 2 is 1.74 bits per heavy atom. The fourth-order valence-electron chi connectivity index (χ4n) is 5.04. The van der Waals surface area contributed by atoms with Gasteiger partial charge in [0, 0.05) is 30.7 Å². The Bertz CT molecular complexity index is 2090. The summed E-state index contributed by atoms with van der Waals surface area (Å²) in [6.07, 6.45) is -4.55. The average molecular weight is 894 g/mol. The van der Waals surface area contributed by atoms with Gasteiger partial charge in [0.1, 0.15) is 36.3 Å². The first-order valence-electron chi connectivity index (χ1n) is 16.8. The van der Waals surface area contributed by atoms with Crippen LogP contribution in [0.15, 0.2) is 49.1 Å². The molecule has 1 aromatic carbocycles. The first kappa shape index (κ1) is 47.2. The number of nitrogens with one attached hydrogen (secondary N) is 2. The van der Waals surface area contributed by atoms with E-state index in [4.69, 9.17) is 10.5 Å². The Balaban J connectivity index is 1.21. The quantitative estimate of drug-likeness (QED) is 0.0432. The zero-order valence-electron chi connectivity index (χ0n) is 30.5. The summed E-state index contributed by atoms with van der Waals surface area (Å²) < 4.78 is 60.5. The molecule has 28 heteroatoms. The van der Waals surface area contributed by atoms with E-state index >= 15 is 0 Å². The highest BCUT2D eigenvalue weighted by Crippen LogP contribution is 2.56. The summed E-state index contributed by atoms with van der Waals surface area (Å²) in [6, 6.07) is 9.18. The molecular formula is C30H38N7O17P3S-4. The number of benzene rings is 1. The molecule has 24 nitrogen and oxygen atoms in total. The maximum absolute atomic E-state index is 12.5. The number of hydrogen-bond donors (Lipinski definition) is 5. The molecule has 0 radical (unpaired) electrons. The number of aliphatic hydroxyl groups is 2. The zero-order chi connectivity index (χ0) is 42.9. The van der Waals surface area contributed by atoms with Gasteiger partial charge in [0.25, 0.3) is 15.6 Å². The van der Waals surface area contributed by atoms with E-state index in [0.717, 1.165) is 34.5 Å². The molecule has 1 aliphatic rings. The van der Waals surface area contributed by atoms with Crippen molar-refractivity contribution in [2.45, 2.75) is 50.9 Å². The Morgan fingerprint density at radius 3 is 2.43 bits per heavy atom. The molecular weight excluding hydrogens is 855 g/mol. The number of nitrogen functional groups attached to an aromatic ring is 1. The number of phosphoric acid groups is 3. The molecule has 1 fully saturated rings. The minimum Gasteiger partial charge on any atom is -0.790 e. The molecule has 4 rings (SSSR count). The lowest BCUT2D eigenvalue weighted by atomic mass is 9.87. The number of imidazole rings is 1. The second-order valence-corrected chi connectivity index (χ2v) is 18.1. The first-order valence-corrected chi connectivity index (χ1v) is 22.2. The van der Waals surface area contributed by atoms with Gasteiger partial charge in [-0.15, -0.1) is 0 Å². The predicted octanol–water partition coefficient (Wildman–Crippen LogP) is -2.15. The molecule has 7 atom stereocenters. The molecule has 0 saturated carbocycles. The van der Waals surface area contributed by atoms with Crippen LogP contribution < -0.4 is 35.9 Å². The Morgan fingerprint density at radius 1 is 1.05 bits per heavy atom. The lowest BCUT2D eigenvalue weighted by Gasteiger charge is -2.36. The highest BCUT2D eigenvalue weighted by atomic mass is 32.2. The monoisotopic (exact) mass is 893 g/mol. The number of carbonyl (C=O) groups is 3. The van der Waals surface area contributed by atoms with Crippen LogP contribution in [0.5, 0.6) is 0 Å². The van der Waals surface area contributed by atoms with Crippen molar-refractivity contribution in [1.29, 1.82) is 0 Å². The maximum Gasteiger partial charge on any atom is 0.274 e. The molecule has 2 amide bonds. The number of anilines is 1. The van der Waals surface area contributed by atoms with Gasteiger partial charge in [-0.1, -0.05) is 62.0 Å². The minimum atomic E-state index is -5.92. The number of carbonyl (C=O) groups excluding carboxylic acids is 3. The molecule has 3 aromatic rings. The van der Waals surface area contributed by atoms with E-state index in [2.05, 4.69) is 43.5 Å². The highest BCUT2D eigenvalue weighted by Gasteiger charge is 2.47. The van der Waals surface area contributed by atoms with Gasteiger partial charge in [-0.2, -0.15) is 0 Å². The van der Waals surface area contributed by atoms with E-state index in [-0.39, 0.29) is 47.4 Å². The van der Waals surface area contributed by atoms with Gasteiger partial charge >= 0.3 is 0 Å². The van der Waals surface area contributed by atoms with Gasteiger partial charge in [0.15, 0.2) is 17.7 Å². The van der Waals surface area contributed by atoms with Gasteiger partial charge < -0.3 is 69.0 Å². The summed E-state index contributed by atoms with van der Waals surface area (Å²) in [5, 5.41) is 26.0. The van der Waals surface area contributed by atoms with E-state index in [1.807, 2.05) is 30.3 Å². The molecule has 58 heavy (non-hydrogen) atoms. The molecule has 1 aliphatic heterocycles. The summed E-state index contributed by atoms with van der Waals surface area (Å²) in [5.41, 5.74) is 4.91. The smallest absolute Gasteiger partial charge is 0.274 e. The third kappa shape index (κ3) is 14.1. The van der Waals surface area contributed by atoms with Crippen molar-refractivity contribution >= 4 is 75.2 Å².